The topological polar surface area (TPSA) is 56.9 Å². The van der Waals surface area contributed by atoms with Crippen LogP contribution in [0.2, 0.25) is 0 Å². The number of rotatable bonds is 4. The Morgan fingerprint density at radius 3 is 2.90 bits per heavy atom. The predicted octanol–water partition coefficient (Wildman–Crippen LogP) is 1.39. The largest absolute Gasteiger partial charge is 0.464 e. The number of hydrogen-bond acceptors (Lipinski definition) is 4. The number of furan rings is 1. The number of carbonyl (C=O) groups is 1. The maximum Gasteiger partial charge on any atom is 0.236 e. The average molecular weight is 280 g/mol. The number of carbonyl (C=O) groups excluding carboxylic acids is 1. The van der Waals surface area contributed by atoms with Crippen LogP contribution in [0.15, 0.2) is 16.5 Å². The van der Waals surface area contributed by atoms with Crippen LogP contribution in [-0.4, -0.2) is 53.1 Å². The molecule has 0 spiro atoms. The summed E-state index contributed by atoms with van der Waals surface area (Å²) in [5.74, 6) is 1.70. The third kappa shape index (κ3) is 4.08. The van der Waals surface area contributed by atoms with E-state index < -0.39 is 5.60 Å². The first-order valence-electron chi connectivity index (χ1n) is 7.10. The minimum Gasteiger partial charge on any atom is -0.464 e. The lowest BCUT2D eigenvalue weighted by molar-refractivity contribution is -0.133. The van der Waals surface area contributed by atoms with E-state index in [1.165, 1.54) is 0 Å². The molecule has 0 aliphatic carbocycles. The van der Waals surface area contributed by atoms with Gasteiger partial charge in [0.2, 0.25) is 5.91 Å². The number of piperidine rings is 1. The van der Waals surface area contributed by atoms with E-state index in [1.54, 1.807) is 11.9 Å². The number of aliphatic hydroxyl groups is 1. The second-order valence-electron chi connectivity index (χ2n) is 6.07. The Bertz CT molecular complexity index is 467. The summed E-state index contributed by atoms with van der Waals surface area (Å²) in [6, 6.07) is 3.79. The summed E-state index contributed by atoms with van der Waals surface area (Å²) in [5, 5.41) is 10.1. The SMILES string of the molecule is Cc1ccc(CN(C)C(=O)CN2CCCC(C)(O)C2)o1. The van der Waals surface area contributed by atoms with Gasteiger partial charge in [-0.3, -0.25) is 9.69 Å². The number of hydrogen-bond donors (Lipinski definition) is 1. The summed E-state index contributed by atoms with van der Waals surface area (Å²) in [4.78, 5) is 15.9. The molecule has 112 valence electrons. The Morgan fingerprint density at radius 1 is 1.55 bits per heavy atom. The lowest BCUT2D eigenvalue weighted by Crippen LogP contribution is -2.49. The second-order valence-corrected chi connectivity index (χ2v) is 6.07. The Hall–Kier alpha value is -1.33. The van der Waals surface area contributed by atoms with Crippen LogP contribution in [0, 0.1) is 6.92 Å². The maximum absolute atomic E-state index is 12.2. The summed E-state index contributed by atoms with van der Waals surface area (Å²) >= 11 is 0. The number of likely N-dealkylation sites (tertiary alicyclic amines) is 1. The average Bonchev–Trinajstić information content (AvgIpc) is 2.73. The van der Waals surface area contributed by atoms with Gasteiger partial charge in [-0.25, -0.2) is 0 Å². The molecule has 1 atom stereocenters. The van der Waals surface area contributed by atoms with E-state index in [9.17, 15) is 9.90 Å². The third-order valence-corrected chi connectivity index (χ3v) is 3.73. The van der Waals surface area contributed by atoms with Crippen molar-refractivity contribution in [3.63, 3.8) is 0 Å². The quantitative estimate of drug-likeness (QED) is 0.905. The molecule has 1 saturated heterocycles. The van der Waals surface area contributed by atoms with Crippen molar-refractivity contribution in [3.8, 4) is 0 Å². The first kappa shape index (κ1) is 15.1. The molecule has 2 heterocycles. The van der Waals surface area contributed by atoms with E-state index in [4.69, 9.17) is 4.42 Å². The molecular formula is C15H24N2O3. The highest BCUT2D eigenvalue weighted by Crippen LogP contribution is 2.20. The van der Waals surface area contributed by atoms with Crippen LogP contribution in [0.5, 0.6) is 0 Å². The van der Waals surface area contributed by atoms with Crippen molar-refractivity contribution in [2.75, 3.05) is 26.7 Å². The van der Waals surface area contributed by atoms with Crippen molar-refractivity contribution in [2.45, 2.75) is 38.8 Å². The van der Waals surface area contributed by atoms with Crippen molar-refractivity contribution >= 4 is 5.91 Å². The summed E-state index contributed by atoms with van der Waals surface area (Å²) in [6.45, 7) is 5.99. The van der Waals surface area contributed by atoms with Crippen LogP contribution in [0.25, 0.3) is 0 Å². The third-order valence-electron chi connectivity index (χ3n) is 3.73. The van der Waals surface area contributed by atoms with E-state index in [1.807, 2.05) is 30.9 Å². The maximum atomic E-state index is 12.2. The molecule has 1 aromatic rings. The molecule has 1 fully saturated rings. The second kappa shape index (κ2) is 5.97. The van der Waals surface area contributed by atoms with Crippen molar-refractivity contribution in [3.05, 3.63) is 23.7 Å². The van der Waals surface area contributed by atoms with Crippen LogP contribution in [0.3, 0.4) is 0 Å². The number of aryl methyl sites for hydroxylation is 1. The zero-order chi connectivity index (χ0) is 14.8. The Morgan fingerprint density at radius 2 is 2.30 bits per heavy atom. The molecule has 0 aromatic carbocycles. The van der Waals surface area contributed by atoms with Crippen molar-refractivity contribution in [1.29, 1.82) is 0 Å². The van der Waals surface area contributed by atoms with E-state index >= 15 is 0 Å². The van der Waals surface area contributed by atoms with Gasteiger partial charge in [0.05, 0.1) is 18.7 Å². The van der Waals surface area contributed by atoms with Crippen LogP contribution in [-0.2, 0) is 11.3 Å². The van der Waals surface area contributed by atoms with Crippen LogP contribution in [0.4, 0.5) is 0 Å². The first-order chi connectivity index (χ1) is 9.35. The van der Waals surface area contributed by atoms with Crippen LogP contribution >= 0.6 is 0 Å². The predicted molar refractivity (Wildman–Crippen MR) is 76.2 cm³/mol. The van der Waals surface area contributed by atoms with Crippen molar-refractivity contribution in [1.82, 2.24) is 9.80 Å². The molecule has 1 amide bonds. The van der Waals surface area contributed by atoms with Gasteiger partial charge in [-0.2, -0.15) is 0 Å². The fourth-order valence-corrected chi connectivity index (χ4v) is 2.66. The van der Waals surface area contributed by atoms with Gasteiger partial charge >= 0.3 is 0 Å². The molecule has 5 heteroatoms. The Labute approximate surface area is 120 Å². The number of amides is 1. The highest BCUT2D eigenvalue weighted by Gasteiger charge is 2.29. The Balaban J connectivity index is 1.84. The van der Waals surface area contributed by atoms with Crippen LogP contribution in [0.1, 0.15) is 31.3 Å². The lowest BCUT2D eigenvalue weighted by atomic mass is 9.95. The minimum absolute atomic E-state index is 0.0525. The summed E-state index contributed by atoms with van der Waals surface area (Å²) < 4.78 is 5.48. The molecule has 1 aliphatic rings. The normalized spacial score (nSPS) is 23.8. The van der Waals surface area contributed by atoms with Crippen molar-refractivity contribution < 1.29 is 14.3 Å². The molecule has 1 unspecified atom stereocenters. The molecule has 2 rings (SSSR count). The van der Waals surface area contributed by atoms with E-state index in [-0.39, 0.29) is 5.91 Å². The molecule has 0 radical (unpaired) electrons. The zero-order valence-electron chi connectivity index (χ0n) is 12.6. The van der Waals surface area contributed by atoms with E-state index in [0.29, 0.717) is 19.6 Å². The molecule has 1 aromatic heterocycles. The fourth-order valence-electron chi connectivity index (χ4n) is 2.66. The summed E-state index contributed by atoms with van der Waals surface area (Å²) in [7, 11) is 1.78. The highest BCUT2D eigenvalue weighted by atomic mass is 16.3. The molecule has 0 bridgehead atoms. The van der Waals surface area contributed by atoms with Gasteiger partial charge in [-0.05, 0) is 45.4 Å². The first-order valence-corrected chi connectivity index (χ1v) is 7.10. The zero-order valence-corrected chi connectivity index (χ0v) is 12.6. The van der Waals surface area contributed by atoms with E-state index in [2.05, 4.69) is 0 Å². The highest BCUT2D eigenvalue weighted by molar-refractivity contribution is 5.77. The van der Waals surface area contributed by atoms with Gasteiger partial charge in [0.25, 0.3) is 0 Å². The summed E-state index contributed by atoms with van der Waals surface area (Å²) in [5.41, 5.74) is -0.671. The minimum atomic E-state index is -0.671. The molecule has 0 saturated carbocycles. The Kier molecular flexibility index (Phi) is 4.50. The lowest BCUT2D eigenvalue weighted by Gasteiger charge is -2.36. The molecule has 20 heavy (non-hydrogen) atoms. The van der Waals surface area contributed by atoms with Gasteiger partial charge in [-0.15, -0.1) is 0 Å². The van der Waals surface area contributed by atoms with Gasteiger partial charge < -0.3 is 14.4 Å². The number of nitrogens with zero attached hydrogens (tertiary/aromatic N) is 2. The van der Waals surface area contributed by atoms with Crippen LogP contribution < -0.4 is 0 Å². The molecule has 1 N–H and O–H groups in total. The van der Waals surface area contributed by atoms with Gasteiger partial charge in [0, 0.05) is 13.6 Å². The number of likely N-dealkylation sites (N-methyl/N-ethyl adjacent to an activating group) is 1. The fraction of sp³-hybridized carbons (Fsp3) is 0.667. The van der Waals surface area contributed by atoms with Crippen molar-refractivity contribution in [2.24, 2.45) is 0 Å². The monoisotopic (exact) mass is 280 g/mol. The standard InChI is InChI=1S/C15H24N2O3/c1-12-5-6-13(20-12)9-16(3)14(18)10-17-8-4-7-15(2,19)11-17/h5-6,19H,4,7-11H2,1-3H3. The summed E-state index contributed by atoms with van der Waals surface area (Å²) in [6.07, 6.45) is 1.74. The molecule has 1 aliphatic heterocycles. The smallest absolute Gasteiger partial charge is 0.236 e. The van der Waals surface area contributed by atoms with E-state index in [0.717, 1.165) is 30.9 Å². The molecular weight excluding hydrogens is 256 g/mol. The van der Waals surface area contributed by atoms with Gasteiger partial charge in [0.15, 0.2) is 0 Å². The number of β-amino-alcohol motifs (C(OH)–C–C–N with tert-alkyl or cyclic N) is 1. The molecule has 5 nitrogen and oxygen atoms in total. The van der Waals surface area contributed by atoms with Gasteiger partial charge in [-0.1, -0.05) is 0 Å². The van der Waals surface area contributed by atoms with Gasteiger partial charge in [0.1, 0.15) is 11.5 Å².